The van der Waals surface area contributed by atoms with Crippen LogP contribution in [0.5, 0.6) is 0 Å². The molecule has 0 radical (unpaired) electrons. The third-order valence-electron chi connectivity index (χ3n) is 2.76. The van der Waals surface area contributed by atoms with Crippen LogP contribution in [0.15, 0.2) is 0 Å². The van der Waals surface area contributed by atoms with Crippen LogP contribution in [-0.4, -0.2) is 55.6 Å². The van der Waals surface area contributed by atoms with E-state index >= 15 is 0 Å². The molecule has 1 saturated heterocycles. The largest absolute Gasteiger partial charge is 0.327 e. The van der Waals surface area contributed by atoms with Gasteiger partial charge in [0.05, 0.1) is 0 Å². The third kappa shape index (κ3) is 3.63. The van der Waals surface area contributed by atoms with Crippen LogP contribution in [0.2, 0.25) is 0 Å². The summed E-state index contributed by atoms with van der Waals surface area (Å²) in [5.41, 5.74) is 5.79. The molecule has 0 amide bonds. The van der Waals surface area contributed by atoms with E-state index in [2.05, 4.69) is 30.8 Å². The lowest BCUT2D eigenvalue weighted by Gasteiger charge is -2.36. The molecule has 3 nitrogen and oxygen atoms in total. The van der Waals surface area contributed by atoms with E-state index in [1.807, 2.05) is 0 Å². The molecule has 13 heavy (non-hydrogen) atoms. The van der Waals surface area contributed by atoms with Crippen molar-refractivity contribution in [2.75, 3.05) is 33.7 Å². The van der Waals surface area contributed by atoms with Crippen LogP contribution in [0, 0.1) is 0 Å². The maximum absolute atomic E-state index is 5.79. The molecule has 0 aromatic rings. The molecule has 1 aliphatic rings. The highest BCUT2D eigenvalue weighted by molar-refractivity contribution is 4.79. The average Bonchev–Trinajstić information content (AvgIpc) is 2.03. The van der Waals surface area contributed by atoms with E-state index in [-0.39, 0.29) is 0 Å². The zero-order chi connectivity index (χ0) is 9.84. The van der Waals surface area contributed by atoms with Crippen molar-refractivity contribution in [2.24, 2.45) is 5.73 Å². The number of hydrogen-bond donors (Lipinski definition) is 1. The Hall–Kier alpha value is -0.120. The minimum absolute atomic E-state index is 0.306. The molecule has 1 rings (SSSR count). The molecule has 0 aromatic heterocycles. The van der Waals surface area contributed by atoms with Gasteiger partial charge in [0.1, 0.15) is 0 Å². The van der Waals surface area contributed by atoms with Gasteiger partial charge >= 0.3 is 0 Å². The van der Waals surface area contributed by atoms with Gasteiger partial charge in [-0.15, -0.1) is 0 Å². The Bertz CT molecular complexity index is 145. The predicted octanol–water partition coefficient (Wildman–Crippen LogP) is 0.360. The number of likely N-dealkylation sites (tertiary alicyclic amines) is 1. The molecule has 0 bridgehead atoms. The fraction of sp³-hybridized carbons (Fsp3) is 1.00. The maximum atomic E-state index is 5.79. The second-order valence-electron chi connectivity index (χ2n) is 4.50. The molecule has 1 unspecified atom stereocenters. The Kier molecular flexibility index (Phi) is 4.16. The summed E-state index contributed by atoms with van der Waals surface area (Å²) in [6, 6.07) is 1.04. The van der Waals surface area contributed by atoms with E-state index in [9.17, 15) is 0 Å². The van der Waals surface area contributed by atoms with Crippen molar-refractivity contribution >= 4 is 0 Å². The number of hydrogen-bond acceptors (Lipinski definition) is 3. The first-order valence-electron chi connectivity index (χ1n) is 5.24. The smallest absolute Gasteiger partial charge is 0.0217 e. The zero-order valence-electron chi connectivity index (χ0n) is 9.16. The Balaban J connectivity index is 2.33. The first kappa shape index (κ1) is 11.0. The minimum atomic E-state index is 0.306. The lowest BCUT2D eigenvalue weighted by atomic mass is 10.0. The topological polar surface area (TPSA) is 32.5 Å². The molecular formula is C10H23N3. The molecule has 0 aromatic carbocycles. The molecule has 1 aliphatic heterocycles. The normalized spacial score (nSPS) is 27.9. The molecule has 2 atom stereocenters. The summed E-state index contributed by atoms with van der Waals surface area (Å²) in [4.78, 5) is 4.81. The van der Waals surface area contributed by atoms with E-state index in [1.165, 1.54) is 25.9 Å². The lowest BCUT2D eigenvalue weighted by molar-refractivity contribution is 0.129. The van der Waals surface area contributed by atoms with Gasteiger partial charge < -0.3 is 15.5 Å². The van der Waals surface area contributed by atoms with E-state index in [0.29, 0.717) is 6.04 Å². The number of nitrogens with zero attached hydrogens (tertiary/aromatic N) is 2. The number of rotatable bonds is 3. The SMILES string of the molecule is C[C@@H](N)CN1CCCC(N(C)C)C1. The van der Waals surface area contributed by atoms with Gasteiger partial charge in [-0.25, -0.2) is 0 Å². The van der Waals surface area contributed by atoms with Crippen molar-refractivity contribution in [1.29, 1.82) is 0 Å². The summed E-state index contributed by atoms with van der Waals surface area (Å²) in [5.74, 6) is 0. The molecular weight excluding hydrogens is 162 g/mol. The van der Waals surface area contributed by atoms with E-state index in [1.54, 1.807) is 0 Å². The standard InChI is InChI=1S/C10H23N3/c1-9(11)7-13-6-4-5-10(8-13)12(2)3/h9-10H,4-8,11H2,1-3H3/t9-,10?/m1/s1. The molecule has 78 valence electrons. The van der Waals surface area contributed by atoms with Gasteiger partial charge in [0, 0.05) is 25.2 Å². The monoisotopic (exact) mass is 185 g/mol. The molecule has 3 heteroatoms. The van der Waals surface area contributed by atoms with Gasteiger partial charge in [-0.3, -0.25) is 0 Å². The van der Waals surface area contributed by atoms with Crippen molar-refractivity contribution in [3.05, 3.63) is 0 Å². The van der Waals surface area contributed by atoms with Crippen molar-refractivity contribution in [3.8, 4) is 0 Å². The molecule has 1 fully saturated rings. The second kappa shape index (κ2) is 4.94. The van der Waals surface area contributed by atoms with Crippen LogP contribution in [0.3, 0.4) is 0 Å². The molecule has 0 aliphatic carbocycles. The second-order valence-corrected chi connectivity index (χ2v) is 4.50. The van der Waals surface area contributed by atoms with Crippen LogP contribution in [0.4, 0.5) is 0 Å². The average molecular weight is 185 g/mol. The number of likely N-dealkylation sites (N-methyl/N-ethyl adjacent to an activating group) is 1. The van der Waals surface area contributed by atoms with Crippen molar-refractivity contribution in [3.63, 3.8) is 0 Å². The van der Waals surface area contributed by atoms with E-state index < -0.39 is 0 Å². The molecule has 0 spiro atoms. The van der Waals surface area contributed by atoms with Crippen molar-refractivity contribution in [2.45, 2.75) is 31.8 Å². The van der Waals surface area contributed by atoms with E-state index in [4.69, 9.17) is 5.73 Å². The molecule has 1 heterocycles. The minimum Gasteiger partial charge on any atom is -0.327 e. The number of piperidine rings is 1. The summed E-state index contributed by atoms with van der Waals surface area (Å²) in [5, 5.41) is 0. The van der Waals surface area contributed by atoms with Crippen molar-refractivity contribution < 1.29 is 0 Å². The first-order valence-corrected chi connectivity index (χ1v) is 5.24. The molecule has 0 saturated carbocycles. The fourth-order valence-corrected chi connectivity index (χ4v) is 2.03. The quantitative estimate of drug-likeness (QED) is 0.689. The fourth-order valence-electron chi connectivity index (χ4n) is 2.03. The summed E-state index contributed by atoms with van der Waals surface area (Å²) in [7, 11) is 4.33. The molecule has 2 N–H and O–H groups in total. The zero-order valence-corrected chi connectivity index (χ0v) is 9.16. The van der Waals surface area contributed by atoms with Gasteiger partial charge in [0.15, 0.2) is 0 Å². The number of nitrogens with two attached hydrogens (primary N) is 1. The Morgan fingerprint density at radius 1 is 1.54 bits per heavy atom. The van der Waals surface area contributed by atoms with Gasteiger partial charge in [-0.1, -0.05) is 0 Å². The highest BCUT2D eigenvalue weighted by atomic mass is 15.2. The Labute approximate surface area is 81.9 Å². The van der Waals surface area contributed by atoms with Gasteiger partial charge in [0.25, 0.3) is 0 Å². The summed E-state index contributed by atoms with van der Waals surface area (Å²) < 4.78 is 0. The summed E-state index contributed by atoms with van der Waals surface area (Å²) >= 11 is 0. The Morgan fingerprint density at radius 2 is 2.23 bits per heavy atom. The lowest BCUT2D eigenvalue weighted by Crippen LogP contribution is -2.48. The highest BCUT2D eigenvalue weighted by Crippen LogP contribution is 2.13. The predicted molar refractivity (Wildman–Crippen MR) is 56.8 cm³/mol. The van der Waals surface area contributed by atoms with E-state index in [0.717, 1.165) is 12.6 Å². The highest BCUT2D eigenvalue weighted by Gasteiger charge is 2.21. The summed E-state index contributed by atoms with van der Waals surface area (Å²) in [6.45, 7) is 5.55. The first-order chi connectivity index (χ1) is 6.09. The third-order valence-corrected chi connectivity index (χ3v) is 2.76. The van der Waals surface area contributed by atoms with Crippen LogP contribution < -0.4 is 5.73 Å². The van der Waals surface area contributed by atoms with Crippen molar-refractivity contribution in [1.82, 2.24) is 9.80 Å². The van der Waals surface area contributed by atoms with Crippen LogP contribution >= 0.6 is 0 Å². The maximum Gasteiger partial charge on any atom is 0.0217 e. The summed E-state index contributed by atoms with van der Waals surface area (Å²) in [6.07, 6.45) is 2.65. The van der Waals surface area contributed by atoms with Gasteiger partial charge in [0.2, 0.25) is 0 Å². The van der Waals surface area contributed by atoms with Crippen LogP contribution in [0.1, 0.15) is 19.8 Å². The van der Waals surface area contributed by atoms with Gasteiger partial charge in [-0.2, -0.15) is 0 Å². The van der Waals surface area contributed by atoms with Gasteiger partial charge in [-0.05, 0) is 40.4 Å². The van der Waals surface area contributed by atoms with Crippen LogP contribution in [0.25, 0.3) is 0 Å². The van der Waals surface area contributed by atoms with Crippen LogP contribution in [-0.2, 0) is 0 Å². The Morgan fingerprint density at radius 3 is 2.77 bits per heavy atom.